The van der Waals surface area contributed by atoms with Crippen molar-refractivity contribution in [3.8, 4) is 0 Å². The van der Waals surface area contributed by atoms with Crippen LogP contribution < -0.4 is 21.7 Å². The first-order chi connectivity index (χ1) is 11.7. The minimum absolute atomic E-state index is 0.277. The second-order valence-electron chi connectivity index (χ2n) is 6.49. The maximum absolute atomic E-state index is 6.33. The Hall–Kier alpha value is -2.57. The molecule has 1 saturated carbocycles. The number of benzene rings is 1. The molecule has 2 aliphatic heterocycles. The first-order valence-electron chi connectivity index (χ1n) is 8.57. The van der Waals surface area contributed by atoms with Crippen LogP contribution in [-0.2, 0) is 0 Å². The fraction of sp³-hybridized carbons (Fsp3) is 0.471. The molecule has 0 unspecified atom stereocenters. The van der Waals surface area contributed by atoms with Crippen LogP contribution in [0.2, 0.25) is 0 Å². The van der Waals surface area contributed by atoms with E-state index in [4.69, 9.17) is 16.5 Å². The van der Waals surface area contributed by atoms with E-state index in [1.54, 1.807) is 0 Å². The van der Waals surface area contributed by atoms with Gasteiger partial charge in [-0.25, -0.2) is 4.99 Å². The minimum Gasteiger partial charge on any atom is -0.369 e. The molecule has 24 heavy (non-hydrogen) atoms. The summed E-state index contributed by atoms with van der Waals surface area (Å²) >= 11 is 0. The molecule has 126 valence electrons. The first kappa shape index (κ1) is 15.0. The lowest BCUT2D eigenvalue weighted by Crippen LogP contribution is -2.58. The van der Waals surface area contributed by atoms with E-state index in [1.165, 1.54) is 6.42 Å². The van der Waals surface area contributed by atoms with Crippen molar-refractivity contribution < 1.29 is 0 Å². The molecule has 2 heterocycles. The third-order valence-electron chi connectivity index (χ3n) is 4.93. The van der Waals surface area contributed by atoms with Crippen LogP contribution in [0.4, 0.5) is 5.69 Å². The van der Waals surface area contributed by atoms with Gasteiger partial charge in [0.2, 0.25) is 11.9 Å². The zero-order valence-corrected chi connectivity index (χ0v) is 13.7. The zero-order chi connectivity index (χ0) is 16.6. The van der Waals surface area contributed by atoms with E-state index in [1.807, 2.05) is 12.1 Å². The topological polar surface area (TPSA) is 104 Å². The van der Waals surface area contributed by atoms with Crippen molar-refractivity contribution in [1.82, 2.24) is 5.32 Å². The smallest absolute Gasteiger partial charge is 0.220 e. The number of nitrogens with zero attached hydrogens (tertiary/aromatic N) is 4. The second kappa shape index (κ2) is 5.81. The summed E-state index contributed by atoms with van der Waals surface area (Å²) in [5.41, 5.74) is 13.9. The van der Waals surface area contributed by atoms with Crippen LogP contribution >= 0.6 is 0 Å². The predicted molar refractivity (Wildman–Crippen MR) is 97.4 cm³/mol. The van der Waals surface area contributed by atoms with Gasteiger partial charge in [0.25, 0.3) is 0 Å². The molecule has 0 radical (unpaired) electrons. The van der Waals surface area contributed by atoms with Crippen LogP contribution in [0, 0.1) is 0 Å². The maximum atomic E-state index is 6.33. The van der Waals surface area contributed by atoms with Gasteiger partial charge in [-0.1, -0.05) is 18.6 Å². The Balaban J connectivity index is 1.83. The Morgan fingerprint density at radius 3 is 2.62 bits per heavy atom. The Kier molecular flexibility index (Phi) is 3.63. The molecule has 4 rings (SSSR count). The van der Waals surface area contributed by atoms with E-state index < -0.39 is 5.66 Å². The summed E-state index contributed by atoms with van der Waals surface area (Å²) in [6.45, 7) is 1.66. The van der Waals surface area contributed by atoms with E-state index in [-0.39, 0.29) is 5.96 Å². The molecule has 3 aliphatic rings. The Morgan fingerprint density at radius 1 is 1.08 bits per heavy atom. The third-order valence-corrected chi connectivity index (χ3v) is 4.93. The average Bonchev–Trinajstić information content (AvgIpc) is 3.09. The van der Waals surface area contributed by atoms with Gasteiger partial charge in [-0.3, -0.25) is 9.89 Å². The van der Waals surface area contributed by atoms with Crippen LogP contribution in [0.25, 0.3) is 0 Å². The number of hydrogen-bond donors (Lipinski definition) is 3. The Labute approximate surface area is 141 Å². The third kappa shape index (κ3) is 2.40. The fourth-order valence-electron chi connectivity index (χ4n) is 3.92. The van der Waals surface area contributed by atoms with Gasteiger partial charge in [-0.05, 0) is 37.8 Å². The van der Waals surface area contributed by atoms with E-state index in [0.717, 1.165) is 55.9 Å². The number of amidine groups is 1. The van der Waals surface area contributed by atoms with Crippen LogP contribution in [0.3, 0.4) is 0 Å². The first-order valence-corrected chi connectivity index (χ1v) is 8.57. The molecular weight excluding hydrogens is 302 g/mol. The van der Waals surface area contributed by atoms with Crippen LogP contribution in [0.15, 0.2) is 39.2 Å². The molecule has 1 spiro atoms. The molecule has 0 bridgehead atoms. The summed E-state index contributed by atoms with van der Waals surface area (Å²) in [5, 5.41) is 3.35. The van der Waals surface area contributed by atoms with Crippen LogP contribution in [0.1, 0.15) is 37.7 Å². The molecule has 0 amide bonds. The van der Waals surface area contributed by atoms with Crippen molar-refractivity contribution in [2.45, 2.75) is 37.8 Å². The summed E-state index contributed by atoms with van der Waals surface area (Å²) in [7, 11) is 0. The molecule has 0 atom stereocenters. The second-order valence-corrected chi connectivity index (χ2v) is 6.49. The standard InChI is InChI=1S/C17H23N7/c18-15-22-16(19)24(17(23-15)8-4-1-5-9-17)13-7-3-2-6-12(13)14-20-10-11-21-14/h2-3,6-7H,1,4-5,8-11H2,(H,20,21)(H4,18,19,22,23). The summed E-state index contributed by atoms with van der Waals surface area (Å²) in [6.07, 6.45) is 5.30. The Morgan fingerprint density at radius 2 is 1.88 bits per heavy atom. The van der Waals surface area contributed by atoms with Gasteiger partial charge in [0.15, 0.2) is 0 Å². The van der Waals surface area contributed by atoms with Crippen LogP contribution in [0.5, 0.6) is 0 Å². The summed E-state index contributed by atoms with van der Waals surface area (Å²) in [6, 6.07) is 8.16. The lowest BCUT2D eigenvalue weighted by atomic mass is 9.87. The molecule has 7 nitrogen and oxygen atoms in total. The van der Waals surface area contributed by atoms with E-state index in [9.17, 15) is 0 Å². The SMILES string of the molecule is NC1=NC2(CCCCC2)N(c2ccccc2C2=NCCN2)C(N)=N1. The molecule has 0 saturated heterocycles. The number of rotatable bonds is 2. The number of anilines is 1. The number of para-hydroxylation sites is 1. The highest BCUT2D eigenvalue weighted by Crippen LogP contribution is 2.40. The van der Waals surface area contributed by atoms with Gasteiger partial charge < -0.3 is 16.8 Å². The monoisotopic (exact) mass is 325 g/mol. The van der Waals surface area contributed by atoms with Crippen LogP contribution in [-0.4, -0.2) is 36.5 Å². The molecule has 0 aromatic heterocycles. The number of hydrogen-bond acceptors (Lipinski definition) is 7. The minimum atomic E-state index is -0.427. The molecule has 1 aliphatic carbocycles. The predicted octanol–water partition coefficient (Wildman–Crippen LogP) is 1.15. The number of nitrogens with two attached hydrogens (primary N) is 2. The number of nitrogens with one attached hydrogen (secondary N) is 1. The summed E-state index contributed by atoms with van der Waals surface area (Å²) in [5.74, 6) is 1.60. The van der Waals surface area contributed by atoms with E-state index in [2.05, 4.69) is 32.3 Å². The molecular formula is C17H23N7. The lowest BCUT2D eigenvalue weighted by Gasteiger charge is -2.46. The highest BCUT2D eigenvalue weighted by molar-refractivity contribution is 6.11. The van der Waals surface area contributed by atoms with E-state index in [0.29, 0.717) is 5.96 Å². The largest absolute Gasteiger partial charge is 0.369 e. The molecule has 1 aromatic rings. The van der Waals surface area contributed by atoms with Gasteiger partial charge in [0, 0.05) is 12.1 Å². The fourth-order valence-corrected chi connectivity index (χ4v) is 3.92. The molecule has 1 fully saturated rings. The van der Waals surface area contributed by atoms with Crippen molar-refractivity contribution in [2.24, 2.45) is 26.4 Å². The highest BCUT2D eigenvalue weighted by Gasteiger charge is 2.43. The van der Waals surface area contributed by atoms with Crippen molar-refractivity contribution in [3.05, 3.63) is 29.8 Å². The van der Waals surface area contributed by atoms with Gasteiger partial charge in [-0.15, -0.1) is 0 Å². The van der Waals surface area contributed by atoms with Gasteiger partial charge >= 0.3 is 0 Å². The molecule has 5 N–H and O–H groups in total. The molecule has 1 aromatic carbocycles. The zero-order valence-electron chi connectivity index (χ0n) is 13.7. The number of guanidine groups is 2. The Bertz CT molecular complexity index is 728. The van der Waals surface area contributed by atoms with Crippen molar-refractivity contribution >= 4 is 23.4 Å². The van der Waals surface area contributed by atoms with Gasteiger partial charge in [-0.2, -0.15) is 4.99 Å². The molecule has 7 heteroatoms. The highest BCUT2D eigenvalue weighted by atomic mass is 15.4. The lowest BCUT2D eigenvalue weighted by molar-refractivity contribution is 0.305. The van der Waals surface area contributed by atoms with Crippen molar-refractivity contribution in [1.29, 1.82) is 0 Å². The van der Waals surface area contributed by atoms with Crippen molar-refractivity contribution in [3.63, 3.8) is 0 Å². The normalized spacial score (nSPS) is 22.7. The summed E-state index contributed by atoms with van der Waals surface area (Å²) in [4.78, 5) is 15.6. The van der Waals surface area contributed by atoms with Crippen molar-refractivity contribution in [2.75, 3.05) is 18.0 Å². The van der Waals surface area contributed by atoms with Gasteiger partial charge in [0.1, 0.15) is 11.5 Å². The number of aliphatic imine (C=N–C) groups is 3. The van der Waals surface area contributed by atoms with E-state index >= 15 is 0 Å². The summed E-state index contributed by atoms with van der Waals surface area (Å²) < 4.78 is 0. The average molecular weight is 325 g/mol. The maximum Gasteiger partial charge on any atom is 0.220 e. The quantitative estimate of drug-likeness (QED) is 0.758. The van der Waals surface area contributed by atoms with Gasteiger partial charge in [0.05, 0.1) is 12.2 Å².